The molecule has 3 aliphatic heterocycles. The highest BCUT2D eigenvalue weighted by Gasteiger charge is 2.41. The summed E-state index contributed by atoms with van der Waals surface area (Å²) in [5.41, 5.74) is 3.64. The quantitative estimate of drug-likeness (QED) is 0.293. The van der Waals surface area contributed by atoms with Crippen LogP contribution in [0.15, 0.2) is 78.9 Å². The van der Waals surface area contributed by atoms with E-state index >= 15 is 0 Å². The number of benzene rings is 3. The number of hydrogen-bond acceptors (Lipinski definition) is 9. The monoisotopic (exact) mass is 643 g/mol. The van der Waals surface area contributed by atoms with Crippen molar-refractivity contribution in [2.24, 2.45) is 0 Å². The second-order valence-corrected chi connectivity index (χ2v) is 12.2. The highest BCUT2D eigenvalue weighted by Crippen LogP contribution is 2.40. The van der Waals surface area contributed by atoms with Crippen LogP contribution in [0.5, 0.6) is 0 Å². The Hall–Kier alpha value is -4.13. The van der Waals surface area contributed by atoms with Crippen molar-refractivity contribution in [3.63, 3.8) is 0 Å². The van der Waals surface area contributed by atoms with Gasteiger partial charge in [-0.15, -0.1) is 0 Å². The van der Waals surface area contributed by atoms with Crippen molar-refractivity contribution in [3.8, 4) is 0 Å². The van der Waals surface area contributed by atoms with Crippen LogP contribution in [0.3, 0.4) is 0 Å². The molecule has 3 saturated heterocycles. The van der Waals surface area contributed by atoms with E-state index in [1.807, 2.05) is 60.7 Å². The first-order chi connectivity index (χ1) is 22.9. The van der Waals surface area contributed by atoms with Crippen molar-refractivity contribution >= 4 is 23.6 Å². The topological polar surface area (TPSA) is 127 Å². The normalized spacial score (nSPS) is 24.9. The third-order valence-electron chi connectivity index (χ3n) is 8.96. The van der Waals surface area contributed by atoms with Gasteiger partial charge < -0.3 is 29.4 Å². The van der Waals surface area contributed by atoms with Crippen LogP contribution in [0.4, 0.5) is 10.5 Å². The van der Waals surface area contributed by atoms with Crippen LogP contribution in [0.2, 0.25) is 0 Å². The van der Waals surface area contributed by atoms with Crippen LogP contribution in [-0.4, -0.2) is 72.9 Å². The summed E-state index contributed by atoms with van der Waals surface area (Å²) >= 11 is 0. The first kappa shape index (κ1) is 32.8. The minimum atomic E-state index is -1.03. The largest absolute Gasteiger partial charge is 0.445 e. The van der Waals surface area contributed by atoms with E-state index in [9.17, 15) is 19.5 Å². The van der Waals surface area contributed by atoms with Gasteiger partial charge in [-0.1, -0.05) is 66.7 Å². The Morgan fingerprint density at radius 3 is 2.55 bits per heavy atom. The molecule has 5 atom stereocenters. The van der Waals surface area contributed by atoms with Crippen molar-refractivity contribution in [3.05, 3.63) is 101 Å². The Balaban J connectivity index is 1.17. The van der Waals surface area contributed by atoms with Gasteiger partial charge in [-0.3, -0.25) is 14.5 Å². The number of carbonyl (C=O) groups is 3. The highest BCUT2D eigenvalue weighted by molar-refractivity contribution is 6.22. The van der Waals surface area contributed by atoms with E-state index in [-0.39, 0.29) is 31.8 Å². The number of amides is 3. The Labute approximate surface area is 274 Å². The number of carbonyl (C=O) groups excluding carboxylic acids is 3. The molecule has 0 bridgehead atoms. The van der Waals surface area contributed by atoms with E-state index in [2.05, 4.69) is 10.2 Å². The average Bonchev–Trinajstić information content (AvgIpc) is 3.65. The number of ether oxygens (including phenoxy) is 4. The fourth-order valence-corrected chi connectivity index (χ4v) is 6.54. The zero-order valence-electron chi connectivity index (χ0n) is 26.5. The van der Waals surface area contributed by atoms with Crippen molar-refractivity contribution in [1.29, 1.82) is 0 Å². The molecule has 3 heterocycles. The van der Waals surface area contributed by atoms with Crippen molar-refractivity contribution < 1.29 is 38.4 Å². The summed E-state index contributed by atoms with van der Waals surface area (Å²) in [4.78, 5) is 42.4. The summed E-state index contributed by atoms with van der Waals surface area (Å²) in [5, 5.41) is 12.1. The number of alkyl carbamates (subject to hydrolysis) is 1. The minimum absolute atomic E-state index is 0.0397. The van der Waals surface area contributed by atoms with Crippen molar-refractivity contribution in [1.82, 2.24) is 10.2 Å². The molecule has 3 aromatic rings. The van der Waals surface area contributed by atoms with E-state index in [0.717, 1.165) is 47.5 Å². The van der Waals surface area contributed by atoms with Gasteiger partial charge in [-0.25, -0.2) is 9.69 Å². The molecule has 47 heavy (non-hydrogen) atoms. The number of likely N-dealkylation sites (tertiary alicyclic amines) is 1. The third-order valence-corrected chi connectivity index (χ3v) is 8.96. The maximum atomic E-state index is 13.4. The molecule has 0 spiro atoms. The number of rotatable bonds is 11. The Kier molecular flexibility index (Phi) is 10.6. The first-order valence-electron chi connectivity index (χ1n) is 16.1. The lowest BCUT2D eigenvalue weighted by Crippen LogP contribution is -2.42. The predicted molar refractivity (Wildman–Crippen MR) is 172 cm³/mol. The molecule has 3 amide bonds. The summed E-state index contributed by atoms with van der Waals surface area (Å²) < 4.78 is 23.8. The lowest BCUT2D eigenvalue weighted by molar-refractivity contribution is -0.253. The molecule has 248 valence electrons. The summed E-state index contributed by atoms with van der Waals surface area (Å²) in [6, 6.07) is 23.2. The third kappa shape index (κ3) is 7.89. The molecule has 11 heteroatoms. The number of nitrogens with one attached hydrogen (secondary N) is 1. The van der Waals surface area contributed by atoms with Gasteiger partial charge in [0.25, 0.3) is 5.91 Å². The predicted octanol–water partition coefficient (Wildman–Crippen LogP) is 4.39. The van der Waals surface area contributed by atoms with E-state index < -0.39 is 30.2 Å². The summed E-state index contributed by atoms with van der Waals surface area (Å²) in [6.07, 6.45) is 0.699. The van der Waals surface area contributed by atoms with Crippen LogP contribution in [-0.2, 0) is 41.8 Å². The molecule has 1 unspecified atom stereocenters. The van der Waals surface area contributed by atoms with Gasteiger partial charge in [0.05, 0.1) is 37.5 Å². The average molecular weight is 644 g/mol. The molecule has 6 rings (SSSR count). The summed E-state index contributed by atoms with van der Waals surface area (Å²) in [7, 11) is 1.72. The smallest absolute Gasteiger partial charge is 0.408 e. The zero-order chi connectivity index (χ0) is 32.8. The van der Waals surface area contributed by atoms with Crippen molar-refractivity contribution in [2.75, 3.05) is 31.7 Å². The van der Waals surface area contributed by atoms with E-state index in [4.69, 9.17) is 18.9 Å². The van der Waals surface area contributed by atoms with Gasteiger partial charge in [0, 0.05) is 31.7 Å². The van der Waals surface area contributed by atoms with Gasteiger partial charge in [-0.2, -0.15) is 0 Å². The zero-order valence-corrected chi connectivity index (χ0v) is 26.5. The van der Waals surface area contributed by atoms with Crippen LogP contribution in [0.25, 0.3) is 0 Å². The molecule has 3 fully saturated rings. The lowest BCUT2D eigenvalue weighted by atomic mass is 9.99. The molecule has 0 saturated carbocycles. The number of methoxy groups -OCH3 is 1. The SMILES string of the molecule is COC[C@@H]1CCCN1C[C@H]1C[C@@H](c2ccc(CO)cc2)O[C@@H](c2cccc(N3C(=O)CC(NC(=O)OCc4ccccc4)C3=O)c2)O1. The van der Waals surface area contributed by atoms with Gasteiger partial charge in [0.1, 0.15) is 12.6 Å². The number of imide groups is 1. The van der Waals surface area contributed by atoms with E-state index in [1.165, 1.54) is 0 Å². The van der Waals surface area contributed by atoms with E-state index in [1.54, 1.807) is 25.3 Å². The van der Waals surface area contributed by atoms with Gasteiger partial charge in [0.2, 0.25) is 5.91 Å². The van der Waals surface area contributed by atoms with Gasteiger partial charge in [-0.05, 0) is 48.2 Å². The Bertz CT molecular complexity index is 1530. The summed E-state index contributed by atoms with van der Waals surface area (Å²) in [6.45, 7) is 2.36. The minimum Gasteiger partial charge on any atom is -0.445 e. The molecule has 0 radical (unpaired) electrons. The fraction of sp³-hybridized carbons (Fsp3) is 0.417. The Morgan fingerprint density at radius 1 is 0.979 bits per heavy atom. The second-order valence-electron chi connectivity index (χ2n) is 12.2. The molecule has 0 aromatic heterocycles. The number of hydrogen-bond donors (Lipinski definition) is 2. The fourth-order valence-electron chi connectivity index (χ4n) is 6.54. The molecular formula is C36H41N3O8. The number of aliphatic hydroxyl groups excluding tert-OH is 1. The van der Waals surface area contributed by atoms with Crippen LogP contribution < -0.4 is 10.2 Å². The maximum Gasteiger partial charge on any atom is 0.408 e. The van der Waals surface area contributed by atoms with Gasteiger partial charge in [0.15, 0.2) is 6.29 Å². The second kappa shape index (κ2) is 15.2. The molecule has 3 aliphatic rings. The number of aliphatic hydroxyl groups is 1. The lowest BCUT2D eigenvalue weighted by Gasteiger charge is -2.39. The van der Waals surface area contributed by atoms with Crippen LogP contribution in [0.1, 0.15) is 60.3 Å². The highest BCUT2D eigenvalue weighted by atomic mass is 16.7. The first-order valence-corrected chi connectivity index (χ1v) is 16.1. The van der Waals surface area contributed by atoms with E-state index in [0.29, 0.717) is 30.3 Å². The molecule has 3 aromatic carbocycles. The van der Waals surface area contributed by atoms with Crippen molar-refractivity contribution in [2.45, 2.75) is 69.5 Å². The molecular weight excluding hydrogens is 602 g/mol. The van der Waals surface area contributed by atoms with Gasteiger partial charge >= 0.3 is 6.09 Å². The Morgan fingerprint density at radius 2 is 1.79 bits per heavy atom. The standard InChI is InChI=1S/C36H41N3O8/c1-44-23-29-11-6-16-38(29)20-30-18-32(26-14-12-24(21-40)13-15-26)47-35(46-30)27-9-5-10-28(17-27)39-33(41)19-31(34(39)42)37-36(43)45-22-25-7-3-2-4-8-25/h2-5,7-10,12-15,17,29-32,35,40H,6,11,16,18-23H2,1H3,(H,37,43)/t29-,30+,31?,32-,35-/m0/s1. The molecule has 0 aliphatic carbocycles. The van der Waals surface area contributed by atoms with Crippen LogP contribution >= 0.6 is 0 Å². The number of anilines is 1. The molecule has 2 N–H and O–H groups in total. The molecule has 11 nitrogen and oxygen atoms in total. The number of nitrogens with zero attached hydrogens (tertiary/aromatic N) is 2. The maximum absolute atomic E-state index is 13.4. The van der Waals surface area contributed by atoms with Crippen LogP contribution in [0, 0.1) is 0 Å². The summed E-state index contributed by atoms with van der Waals surface area (Å²) in [5.74, 6) is -0.962.